The molecule has 3 fully saturated rings. The molecule has 1 aromatic rings. The lowest BCUT2D eigenvalue weighted by atomic mass is 9.69. The Bertz CT molecular complexity index is 779. The summed E-state index contributed by atoms with van der Waals surface area (Å²) in [6, 6.07) is 2.30. The average molecular weight is 416 g/mol. The SMILES string of the molecule is O=C(NC[C@H](c1c(F)ccc(Cl)c1F)C12CCC(F)(CC1)C2)[C@@H]1CC[C@H](O)C1. The Kier molecular flexibility index (Phi) is 5.15. The number of alkyl halides is 1. The average Bonchev–Trinajstić information content (AvgIpc) is 3.33. The van der Waals surface area contributed by atoms with Gasteiger partial charge in [0.1, 0.15) is 17.3 Å². The summed E-state index contributed by atoms with van der Waals surface area (Å²) in [5.41, 5.74) is -2.00. The van der Waals surface area contributed by atoms with E-state index in [1.807, 2.05) is 0 Å². The van der Waals surface area contributed by atoms with Gasteiger partial charge in [0.25, 0.3) is 0 Å². The molecule has 4 rings (SSSR count). The first-order valence-electron chi connectivity index (χ1n) is 10.0. The molecular formula is C21H25ClF3NO2. The first-order chi connectivity index (χ1) is 13.2. The molecule has 3 aliphatic rings. The molecule has 3 nitrogen and oxygen atoms in total. The number of amides is 1. The highest BCUT2D eigenvalue weighted by atomic mass is 35.5. The van der Waals surface area contributed by atoms with Gasteiger partial charge in [-0.1, -0.05) is 11.6 Å². The van der Waals surface area contributed by atoms with Gasteiger partial charge in [0.05, 0.1) is 11.1 Å². The van der Waals surface area contributed by atoms with Crippen LogP contribution in [0, 0.1) is 23.0 Å². The van der Waals surface area contributed by atoms with Crippen LogP contribution in [-0.4, -0.2) is 29.3 Å². The Morgan fingerprint density at radius 3 is 2.54 bits per heavy atom. The zero-order chi connectivity index (χ0) is 20.1. The summed E-state index contributed by atoms with van der Waals surface area (Å²) < 4.78 is 44.4. The van der Waals surface area contributed by atoms with Gasteiger partial charge in [-0.25, -0.2) is 13.2 Å². The summed E-state index contributed by atoms with van der Waals surface area (Å²) in [5, 5.41) is 12.3. The minimum atomic E-state index is -1.27. The van der Waals surface area contributed by atoms with Crippen LogP contribution in [0.3, 0.4) is 0 Å². The minimum Gasteiger partial charge on any atom is -0.393 e. The van der Waals surface area contributed by atoms with E-state index in [4.69, 9.17) is 11.6 Å². The number of halogens is 4. The lowest BCUT2D eigenvalue weighted by molar-refractivity contribution is -0.125. The number of aliphatic hydroxyl groups is 1. The molecule has 0 radical (unpaired) electrons. The van der Waals surface area contributed by atoms with Crippen molar-refractivity contribution in [3.05, 3.63) is 34.4 Å². The van der Waals surface area contributed by atoms with Crippen LogP contribution in [0.2, 0.25) is 5.02 Å². The van der Waals surface area contributed by atoms with Crippen LogP contribution < -0.4 is 5.32 Å². The van der Waals surface area contributed by atoms with E-state index in [-0.39, 0.29) is 35.4 Å². The summed E-state index contributed by atoms with van der Waals surface area (Å²) in [6.45, 7) is 0.0374. The number of nitrogens with one attached hydrogen (secondary N) is 1. The third kappa shape index (κ3) is 3.43. The molecule has 0 heterocycles. The van der Waals surface area contributed by atoms with Crippen LogP contribution in [0.15, 0.2) is 12.1 Å². The highest BCUT2D eigenvalue weighted by Crippen LogP contribution is 2.64. The molecule has 1 amide bonds. The van der Waals surface area contributed by atoms with Gasteiger partial charge in [-0.05, 0) is 68.9 Å². The van der Waals surface area contributed by atoms with Crippen LogP contribution in [0.4, 0.5) is 13.2 Å². The van der Waals surface area contributed by atoms with Crippen LogP contribution in [-0.2, 0) is 4.79 Å². The first-order valence-corrected chi connectivity index (χ1v) is 10.4. The van der Waals surface area contributed by atoms with Gasteiger partial charge in [-0.15, -0.1) is 0 Å². The van der Waals surface area contributed by atoms with Crippen molar-refractivity contribution in [2.24, 2.45) is 11.3 Å². The zero-order valence-electron chi connectivity index (χ0n) is 15.6. The van der Waals surface area contributed by atoms with Crippen molar-refractivity contribution in [1.29, 1.82) is 0 Å². The zero-order valence-corrected chi connectivity index (χ0v) is 16.4. The molecule has 3 atom stereocenters. The molecule has 0 spiro atoms. The molecule has 154 valence electrons. The van der Waals surface area contributed by atoms with Gasteiger partial charge in [0.15, 0.2) is 0 Å². The van der Waals surface area contributed by atoms with E-state index < -0.39 is 34.7 Å². The third-order valence-electron chi connectivity index (χ3n) is 7.23. The highest BCUT2D eigenvalue weighted by molar-refractivity contribution is 6.30. The van der Waals surface area contributed by atoms with Crippen LogP contribution in [0.1, 0.15) is 62.8 Å². The van der Waals surface area contributed by atoms with E-state index in [1.165, 1.54) is 6.07 Å². The van der Waals surface area contributed by atoms with Crippen molar-refractivity contribution in [3.8, 4) is 0 Å². The van der Waals surface area contributed by atoms with Gasteiger partial charge in [0, 0.05) is 23.9 Å². The monoisotopic (exact) mass is 415 g/mol. The van der Waals surface area contributed by atoms with Gasteiger partial charge in [0.2, 0.25) is 5.91 Å². The predicted molar refractivity (Wildman–Crippen MR) is 99.8 cm³/mol. The van der Waals surface area contributed by atoms with E-state index in [2.05, 4.69) is 5.32 Å². The number of rotatable bonds is 5. The number of aliphatic hydroxyl groups excluding tert-OH is 1. The Hall–Kier alpha value is -1.27. The highest BCUT2D eigenvalue weighted by Gasteiger charge is 2.59. The van der Waals surface area contributed by atoms with E-state index in [1.54, 1.807) is 0 Å². The maximum absolute atomic E-state index is 14.8. The second-order valence-electron chi connectivity index (χ2n) is 8.91. The molecule has 2 bridgehead atoms. The van der Waals surface area contributed by atoms with E-state index in [0.717, 1.165) is 6.07 Å². The second kappa shape index (κ2) is 7.21. The molecule has 2 N–H and O–H groups in total. The molecule has 3 saturated carbocycles. The van der Waals surface area contributed by atoms with Gasteiger partial charge in [-0.3, -0.25) is 4.79 Å². The van der Waals surface area contributed by atoms with Gasteiger partial charge in [-0.2, -0.15) is 0 Å². The third-order valence-corrected chi connectivity index (χ3v) is 7.53. The number of carbonyl (C=O) groups is 1. The molecular weight excluding hydrogens is 391 g/mol. The van der Waals surface area contributed by atoms with Crippen molar-refractivity contribution in [2.45, 2.75) is 69.1 Å². The lowest BCUT2D eigenvalue weighted by Gasteiger charge is -2.37. The normalized spacial score (nSPS) is 35.3. The number of hydrogen-bond acceptors (Lipinski definition) is 2. The van der Waals surface area contributed by atoms with E-state index in [9.17, 15) is 23.1 Å². The van der Waals surface area contributed by atoms with Crippen LogP contribution >= 0.6 is 11.6 Å². The van der Waals surface area contributed by atoms with Crippen LogP contribution in [0.5, 0.6) is 0 Å². The summed E-state index contributed by atoms with van der Waals surface area (Å²) in [6.07, 6.45) is 3.19. The van der Waals surface area contributed by atoms with E-state index in [0.29, 0.717) is 44.9 Å². The number of fused-ring (bicyclic) bond motifs is 2. The molecule has 28 heavy (non-hydrogen) atoms. The number of hydrogen-bond donors (Lipinski definition) is 2. The Balaban J connectivity index is 1.62. The fourth-order valence-electron chi connectivity index (χ4n) is 5.68. The van der Waals surface area contributed by atoms with Crippen LogP contribution in [0.25, 0.3) is 0 Å². The molecule has 0 unspecified atom stereocenters. The standard InChI is InChI=1S/C21H25ClF3NO2/c22-15-3-4-16(23)17(18(15)24)14(20-5-7-21(25,11-20)8-6-20)10-26-19(28)12-1-2-13(27)9-12/h3-4,12-14,27H,1-2,5-11H2,(H,26,28)/t12-,13+,14-,20?,21?/m1/s1. The summed E-state index contributed by atoms with van der Waals surface area (Å²) in [4.78, 5) is 12.5. The first kappa shape index (κ1) is 20.0. The summed E-state index contributed by atoms with van der Waals surface area (Å²) in [7, 11) is 0. The predicted octanol–water partition coefficient (Wildman–Crippen LogP) is 4.65. The molecule has 0 aliphatic heterocycles. The maximum atomic E-state index is 14.8. The van der Waals surface area contributed by atoms with Gasteiger partial charge < -0.3 is 10.4 Å². The van der Waals surface area contributed by atoms with Crippen molar-refractivity contribution in [1.82, 2.24) is 5.32 Å². The lowest BCUT2D eigenvalue weighted by Crippen LogP contribution is -2.39. The van der Waals surface area contributed by atoms with Crippen molar-refractivity contribution < 1.29 is 23.1 Å². The molecule has 1 aromatic carbocycles. The topological polar surface area (TPSA) is 49.3 Å². The quantitative estimate of drug-likeness (QED) is 0.687. The Morgan fingerprint density at radius 2 is 1.96 bits per heavy atom. The molecule has 7 heteroatoms. The van der Waals surface area contributed by atoms with Crippen molar-refractivity contribution in [3.63, 3.8) is 0 Å². The van der Waals surface area contributed by atoms with Crippen molar-refractivity contribution in [2.75, 3.05) is 6.54 Å². The molecule has 0 saturated heterocycles. The molecule has 0 aromatic heterocycles. The largest absolute Gasteiger partial charge is 0.393 e. The fourth-order valence-corrected chi connectivity index (χ4v) is 5.85. The van der Waals surface area contributed by atoms with E-state index >= 15 is 0 Å². The van der Waals surface area contributed by atoms with Gasteiger partial charge >= 0.3 is 0 Å². The Labute approximate surface area is 167 Å². The van der Waals surface area contributed by atoms with Crippen molar-refractivity contribution >= 4 is 17.5 Å². The Morgan fingerprint density at radius 1 is 1.25 bits per heavy atom. The fraction of sp³-hybridized carbons (Fsp3) is 0.667. The summed E-state index contributed by atoms with van der Waals surface area (Å²) in [5.74, 6) is -2.73. The smallest absolute Gasteiger partial charge is 0.223 e. The molecule has 3 aliphatic carbocycles. The number of benzene rings is 1. The number of carbonyl (C=O) groups excluding carboxylic acids is 1. The second-order valence-corrected chi connectivity index (χ2v) is 9.32. The summed E-state index contributed by atoms with van der Waals surface area (Å²) >= 11 is 5.91. The minimum absolute atomic E-state index is 0.0374. The maximum Gasteiger partial charge on any atom is 0.223 e.